The molecule has 8 heteroatoms. The van der Waals surface area contributed by atoms with Gasteiger partial charge in [0.25, 0.3) is 0 Å². The predicted molar refractivity (Wildman–Crippen MR) is 129 cm³/mol. The number of aromatic nitrogens is 3. The normalized spacial score (nSPS) is 15.0. The van der Waals surface area contributed by atoms with Crippen molar-refractivity contribution in [3.8, 4) is 16.8 Å². The lowest BCUT2D eigenvalue weighted by Crippen LogP contribution is -2.25. The van der Waals surface area contributed by atoms with Crippen LogP contribution in [0.5, 0.6) is 0 Å². The van der Waals surface area contributed by atoms with Crippen molar-refractivity contribution >= 4 is 17.9 Å². The topological polar surface area (TPSA) is 95.3 Å². The van der Waals surface area contributed by atoms with Crippen LogP contribution in [0.15, 0.2) is 48.5 Å². The zero-order valence-electron chi connectivity index (χ0n) is 20.2. The summed E-state index contributed by atoms with van der Waals surface area (Å²) in [5.41, 5.74) is 3.93. The van der Waals surface area contributed by atoms with Crippen LogP contribution in [-0.4, -0.2) is 40.3 Å². The van der Waals surface area contributed by atoms with Crippen molar-refractivity contribution in [2.45, 2.75) is 52.1 Å². The molecule has 0 spiro atoms. The van der Waals surface area contributed by atoms with Gasteiger partial charge in [0.1, 0.15) is 11.8 Å². The van der Waals surface area contributed by atoms with E-state index in [4.69, 9.17) is 9.47 Å². The van der Waals surface area contributed by atoms with Crippen molar-refractivity contribution in [2.75, 3.05) is 12.4 Å². The Morgan fingerprint density at radius 2 is 1.59 bits per heavy atom. The molecule has 0 aliphatic heterocycles. The van der Waals surface area contributed by atoms with Gasteiger partial charge in [0.15, 0.2) is 5.82 Å². The number of carbonyl (C=O) groups excluding carboxylic acids is 2. The molecule has 1 aliphatic carbocycles. The Kier molecular flexibility index (Phi) is 6.41. The van der Waals surface area contributed by atoms with Gasteiger partial charge in [-0.05, 0) is 61.4 Å². The molecule has 1 amide bonds. The first-order valence-corrected chi connectivity index (χ1v) is 11.4. The number of aryl methyl sites for hydroxylation is 1. The zero-order chi connectivity index (χ0) is 24.5. The number of anilines is 1. The fraction of sp³-hybridized carbons (Fsp3) is 0.385. The Balaban J connectivity index is 1.51. The van der Waals surface area contributed by atoms with Gasteiger partial charge in [-0.3, -0.25) is 10.1 Å². The maximum absolute atomic E-state index is 12.3. The number of amides is 1. The van der Waals surface area contributed by atoms with Gasteiger partial charge in [-0.15, -0.1) is 5.10 Å². The van der Waals surface area contributed by atoms with E-state index in [0.29, 0.717) is 11.5 Å². The summed E-state index contributed by atoms with van der Waals surface area (Å²) in [6.07, 6.45) is 0.902. The van der Waals surface area contributed by atoms with E-state index >= 15 is 0 Å². The lowest BCUT2D eigenvalue weighted by atomic mass is 9.94. The fourth-order valence-electron chi connectivity index (χ4n) is 3.82. The van der Waals surface area contributed by atoms with Crippen LogP contribution in [0.1, 0.15) is 44.9 Å². The molecule has 4 rings (SSSR count). The molecule has 178 valence electrons. The minimum atomic E-state index is -0.537. The summed E-state index contributed by atoms with van der Waals surface area (Å²) in [5, 5.41) is 11.1. The van der Waals surface area contributed by atoms with Crippen molar-refractivity contribution in [2.24, 2.45) is 5.92 Å². The van der Waals surface area contributed by atoms with E-state index in [1.54, 1.807) is 11.6 Å². The Bertz CT molecular complexity index is 1180. The van der Waals surface area contributed by atoms with Crippen molar-refractivity contribution in [3.63, 3.8) is 0 Å². The summed E-state index contributed by atoms with van der Waals surface area (Å²) in [5.74, 6) is 0.516. The number of benzene rings is 2. The van der Waals surface area contributed by atoms with E-state index in [1.807, 2.05) is 69.3 Å². The Morgan fingerprint density at radius 1 is 1.00 bits per heavy atom. The molecule has 8 nitrogen and oxygen atoms in total. The lowest BCUT2D eigenvalue weighted by Gasteiger charge is -2.17. The second kappa shape index (κ2) is 9.29. The number of nitrogens with zero attached hydrogens (tertiary/aromatic N) is 3. The van der Waals surface area contributed by atoms with Crippen LogP contribution in [0.25, 0.3) is 16.8 Å². The molecule has 1 aromatic heterocycles. The van der Waals surface area contributed by atoms with Crippen molar-refractivity contribution in [1.29, 1.82) is 0 Å². The van der Waals surface area contributed by atoms with Gasteiger partial charge in [0.2, 0.25) is 0 Å². The molecule has 1 atom stereocenters. The third-order valence-corrected chi connectivity index (χ3v) is 6.50. The SMILES string of the molecule is COC(=O)C1(c2ccc(-c3ccc(-n4nnc(C)c4NC(=O)OC(C)C(C)C)cc3)cc2)CC1. The first-order valence-electron chi connectivity index (χ1n) is 11.4. The number of hydrogen-bond donors (Lipinski definition) is 1. The largest absolute Gasteiger partial charge is 0.468 e. The highest BCUT2D eigenvalue weighted by atomic mass is 16.6. The number of methoxy groups -OCH3 is 1. The van der Waals surface area contributed by atoms with Gasteiger partial charge in [-0.1, -0.05) is 55.5 Å². The smallest absolute Gasteiger partial charge is 0.413 e. The predicted octanol–water partition coefficient (Wildman–Crippen LogP) is 5.04. The van der Waals surface area contributed by atoms with Crippen molar-refractivity contribution in [1.82, 2.24) is 15.0 Å². The van der Waals surface area contributed by atoms with Crippen LogP contribution < -0.4 is 5.32 Å². The van der Waals surface area contributed by atoms with Crippen LogP contribution in [0, 0.1) is 12.8 Å². The van der Waals surface area contributed by atoms with E-state index in [0.717, 1.165) is 35.2 Å². The summed E-state index contributed by atoms with van der Waals surface area (Å²) in [6, 6.07) is 15.8. The third-order valence-electron chi connectivity index (χ3n) is 6.50. The van der Waals surface area contributed by atoms with Crippen molar-refractivity contribution < 1.29 is 19.1 Å². The molecule has 2 aromatic carbocycles. The minimum Gasteiger partial charge on any atom is -0.468 e. The summed E-state index contributed by atoms with van der Waals surface area (Å²) in [4.78, 5) is 24.5. The second-order valence-corrected chi connectivity index (χ2v) is 9.11. The molecule has 1 aliphatic rings. The fourth-order valence-corrected chi connectivity index (χ4v) is 3.82. The molecule has 3 aromatic rings. The Morgan fingerprint density at radius 3 is 2.12 bits per heavy atom. The number of esters is 1. The summed E-state index contributed by atoms with van der Waals surface area (Å²) in [7, 11) is 1.44. The first kappa shape index (κ1) is 23.5. The maximum Gasteiger partial charge on any atom is 0.413 e. The van der Waals surface area contributed by atoms with Crippen LogP contribution >= 0.6 is 0 Å². The van der Waals surface area contributed by atoms with E-state index in [2.05, 4.69) is 15.6 Å². The van der Waals surface area contributed by atoms with Gasteiger partial charge in [-0.25, -0.2) is 4.79 Å². The van der Waals surface area contributed by atoms with Gasteiger partial charge in [-0.2, -0.15) is 4.68 Å². The summed E-state index contributed by atoms with van der Waals surface area (Å²) in [6.45, 7) is 7.63. The van der Waals surface area contributed by atoms with Gasteiger partial charge >= 0.3 is 12.1 Å². The third kappa shape index (κ3) is 4.53. The molecule has 1 unspecified atom stereocenters. The highest BCUT2D eigenvalue weighted by Gasteiger charge is 2.52. The lowest BCUT2D eigenvalue weighted by molar-refractivity contribution is -0.143. The van der Waals surface area contributed by atoms with Gasteiger partial charge in [0.05, 0.1) is 18.2 Å². The highest BCUT2D eigenvalue weighted by molar-refractivity contribution is 5.87. The van der Waals surface area contributed by atoms with E-state index in [1.165, 1.54) is 7.11 Å². The minimum absolute atomic E-state index is 0.167. The molecule has 1 fully saturated rings. The molecule has 1 N–H and O–H groups in total. The average Bonchev–Trinajstić information content (AvgIpc) is 3.58. The standard InChI is InChI=1S/C26H30N4O4/c1-16(2)18(4)34-25(32)27-23-17(3)28-29-30(23)22-12-8-20(9-13-22)19-6-10-21(11-7-19)26(14-15-26)24(31)33-5/h6-13,16,18H,14-15H2,1-5H3,(H,27,32). The molecule has 0 radical (unpaired) electrons. The molecule has 0 bridgehead atoms. The molecule has 34 heavy (non-hydrogen) atoms. The van der Waals surface area contributed by atoms with E-state index in [9.17, 15) is 9.59 Å². The van der Waals surface area contributed by atoms with Crippen molar-refractivity contribution in [3.05, 3.63) is 59.8 Å². The average molecular weight is 463 g/mol. The number of nitrogens with one attached hydrogen (secondary N) is 1. The highest BCUT2D eigenvalue weighted by Crippen LogP contribution is 2.49. The monoisotopic (exact) mass is 462 g/mol. The van der Waals surface area contributed by atoms with Crippen LogP contribution in [-0.2, 0) is 19.7 Å². The maximum atomic E-state index is 12.3. The number of rotatable bonds is 7. The van der Waals surface area contributed by atoms with E-state index in [-0.39, 0.29) is 18.0 Å². The molecule has 1 heterocycles. The quantitative estimate of drug-likeness (QED) is 0.494. The van der Waals surface area contributed by atoms with Gasteiger partial charge in [0, 0.05) is 0 Å². The number of carbonyl (C=O) groups is 2. The first-order chi connectivity index (χ1) is 16.2. The van der Waals surface area contributed by atoms with Gasteiger partial charge < -0.3 is 9.47 Å². The number of ether oxygens (including phenoxy) is 2. The van der Waals surface area contributed by atoms with Crippen LogP contribution in [0.4, 0.5) is 10.6 Å². The molecular weight excluding hydrogens is 432 g/mol. The zero-order valence-corrected chi connectivity index (χ0v) is 20.2. The number of hydrogen-bond acceptors (Lipinski definition) is 6. The Hall–Kier alpha value is -3.68. The van der Waals surface area contributed by atoms with Crippen LogP contribution in [0.2, 0.25) is 0 Å². The Labute approximate surface area is 199 Å². The van der Waals surface area contributed by atoms with E-state index < -0.39 is 11.5 Å². The summed E-state index contributed by atoms with van der Waals surface area (Å²) >= 11 is 0. The second-order valence-electron chi connectivity index (χ2n) is 9.11. The molecule has 1 saturated carbocycles. The van der Waals surface area contributed by atoms with Crippen LogP contribution in [0.3, 0.4) is 0 Å². The molecular formula is C26H30N4O4. The summed E-state index contributed by atoms with van der Waals surface area (Å²) < 4.78 is 12.0. The molecule has 0 saturated heterocycles.